The smallest absolute Gasteiger partial charge is 0.176 e. The summed E-state index contributed by atoms with van der Waals surface area (Å²) in [5, 5.41) is 4.20. The van der Waals surface area contributed by atoms with Gasteiger partial charge in [-0.2, -0.15) is 5.10 Å². The Morgan fingerprint density at radius 2 is 2.20 bits per heavy atom. The van der Waals surface area contributed by atoms with Crippen molar-refractivity contribution in [2.24, 2.45) is 0 Å². The van der Waals surface area contributed by atoms with E-state index in [1.807, 2.05) is 22.9 Å². The van der Waals surface area contributed by atoms with Gasteiger partial charge in [0.2, 0.25) is 0 Å². The van der Waals surface area contributed by atoms with E-state index in [-0.39, 0.29) is 0 Å². The highest BCUT2D eigenvalue weighted by Crippen LogP contribution is 2.12. The topological polar surface area (TPSA) is 43.6 Å². The van der Waals surface area contributed by atoms with Gasteiger partial charge in [-0.3, -0.25) is 4.98 Å². The molecule has 2 aromatic heterocycles. The second-order valence-electron chi connectivity index (χ2n) is 3.38. The lowest BCUT2D eigenvalue weighted by Crippen LogP contribution is -2.03. The summed E-state index contributed by atoms with van der Waals surface area (Å²) in [4.78, 5) is 8.50. The van der Waals surface area contributed by atoms with Crippen LogP contribution >= 0.6 is 0 Å². The van der Waals surface area contributed by atoms with E-state index >= 15 is 0 Å². The van der Waals surface area contributed by atoms with Crippen molar-refractivity contribution in [2.45, 2.75) is 26.3 Å². The fourth-order valence-corrected chi connectivity index (χ4v) is 1.43. The van der Waals surface area contributed by atoms with E-state index < -0.39 is 0 Å². The van der Waals surface area contributed by atoms with Gasteiger partial charge < -0.3 is 0 Å². The maximum absolute atomic E-state index is 4.27. The highest BCUT2D eigenvalue weighted by molar-refractivity contribution is 5.47. The Labute approximate surface area is 89.0 Å². The number of hydrogen-bond donors (Lipinski definition) is 0. The number of unbranched alkanes of at least 4 members (excludes halogenated alkanes) is 1. The minimum Gasteiger partial charge on any atom is -0.253 e. The molecule has 78 valence electrons. The second kappa shape index (κ2) is 4.68. The Morgan fingerprint density at radius 1 is 1.27 bits per heavy atom. The van der Waals surface area contributed by atoms with E-state index in [0.29, 0.717) is 0 Å². The van der Waals surface area contributed by atoms with E-state index in [4.69, 9.17) is 0 Å². The fraction of sp³-hybridized carbons (Fsp3) is 0.364. The zero-order valence-corrected chi connectivity index (χ0v) is 8.80. The first-order valence-electron chi connectivity index (χ1n) is 5.21. The molecule has 0 unspecified atom stereocenters. The first-order chi connectivity index (χ1) is 7.42. The molecule has 15 heavy (non-hydrogen) atoms. The van der Waals surface area contributed by atoms with Crippen molar-refractivity contribution in [1.82, 2.24) is 19.7 Å². The predicted molar refractivity (Wildman–Crippen MR) is 58.2 cm³/mol. The van der Waals surface area contributed by atoms with Gasteiger partial charge in [-0.15, -0.1) is 0 Å². The van der Waals surface area contributed by atoms with E-state index in [0.717, 1.165) is 30.9 Å². The lowest BCUT2D eigenvalue weighted by molar-refractivity contribution is 0.575. The molecule has 0 N–H and O–H groups in total. The largest absolute Gasteiger partial charge is 0.253 e. The molecule has 0 radical (unpaired) electrons. The molecule has 0 amide bonds. The summed E-state index contributed by atoms with van der Waals surface area (Å²) in [6, 6.07) is 5.81. The lowest BCUT2D eigenvalue weighted by Gasteiger charge is -2.03. The number of aryl methyl sites for hydroxylation is 1. The number of hydrogen-bond acceptors (Lipinski definition) is 3. The summed E-state index contributed by atoms with van der Waals surface area (Å²) in [7, 11) is 0. The Morgan fingerprint density at radius 3 is 2.93 bits per heavy atom. The van der Waals surface area contributed by atoms with Gasteiger partial charge in [-0.1, -0.05) is 19.4 Å². The van der Waals surface area contributed by atoms with E-state index in [1.54, 1.807) is 12.5 Å². The Balaban J connectivity index is 2.25. The summed E-state index contributed by atoms with van der Waals surface area (Å²) in [6.45, 7) is 3.07. The lowest BCUT2D eigenvalue weighted by atomic mass is 10.3. The first kappa shape index (κ1) is 9.83. The molecular formula is C11H14N4. The third kappa shape index (κ3) is 2.21. The van der Waals surface area contributed by atoms with E-state index in [9.17, 15) is 0 Å². The zero-order valence-electron chi connectivity index (χ0n) is 8.80. The summed E-state index contributed by atoms with van der Waals surface area (Å²) >= 11 is 0. The Kier molecular flexibility index (Phi) is 3.07. The molecule has 0 aliphatic heterocycles. The molecule has 0 bridgehead atoms. The van der Waals surface area contributed by atoms with Crippen molar-refractivity contribution in [2.75, 3.05) is 0 Å². The molecule has 0 aromatic carbocycles. The van der Waals surface area contributed by atoms with Gasteiger partial charge in [0, 0.05) is 12.7 Å². The molecule has 0 fully saturated rings. The highest BCUT2D eigenvalue weighted by Gasteiger charge is 2.06. The van der Waals surface area contributed by atoms with Crippen molar-refractivity contribution < 1.29 is 0 Å². The monoisotopic (exact) mass is 202 g/mol. The minimum absolute atomic E-state index is 0.851. The van der Waals surface area contributed by atoms with E-state index in [2.05, 4.69) is 22.0 Å². The predicted octanol–water partition coefficient (Wildman–Crippen LogP) is 2.14. The van der Waals surface area contributed by atoms with Gasteiger partial charge >= 0.3 is 0 Å². The van der Waals surface area contributed by atoms with Crippen molar-refractivity contribution in [3.63, 3.8) is 0 Å². The van der Waals surface area contributed by atoms with Crippen LogP contribution < -0.4 is 0 Å². The minimum atomic E-state index is 0.851. The van der Waals surface area contributed by atoms with Crippen LogP contribution in [0.1, 0.15) is 19.8 Å². The van der Waals surface area contributed by atoms with Crippen LogP contribution in [-0.2, 0) is 6.54 Å². The molecule has 0 atom stereocenters. The van der Waals surface area contributed by atoms with Gasteiger partial charge in [0.1, 0.15) is 12.0 Å². The van der Waals surface area contributed by atoms with Gasteiger partial charge in [-0.05, 0) is 18.6 Å². The zero-order chi connectivity index (χ0) is 10.5. The standard InChI is InChI=1S/C11H14N4/c1-2-3-8-15-11(13-9-14-15)10-6-4-5-7-12-10/h4-7,9H,2-3,8H2,1H3. The summed E-state index contributed by atoms with van der Waals surface area (Å²) in [6.07, 6.45) is 5.62. The van der Waals surface area contributed by atoms with Crippen molar-refractivity contribution in [1.29, 1.82) is 0 Å². The van der Waals surface area contributed by atoms with Crippen LogP contribution in [0.3, 0.4) is 0 Å². The first-order valence-corrected chi connectivity index (χ1v) is 5.21. The SMILES string of the molecule is CCCCn1ncnc1-c1ccccn1. The number of pyridine rings is 1. The molecule has 2 aromatic rings. The van der Waals surface area contributed by atoms with Crippen molar-refractivity contribution >= 4 is 0 Å². The molecule has 2 rings (SSSR count). The van der Waals surface area contributed by atoms with Gasteiger partial charge in [0.15, 0.2) is 5.82 Å². The maximum Gasteiger partial charge on any atom is 0.176 e. The molecule has 4 heteroatoms. The normalized spacial score (nSPS) is 10.5. The molecule has 0 aliphatic carbocycles. The molecular weight excluding hydrogens is 188 g/mol. The Hall–Kier alpha value is -1.71. The summed E-state index contributed by atoms with van der Waals surface area (Å²) in [5.74, 6) is 0.851. The van der Waals surface area contributed by atoms with Crippen molar-refractivity contribution in [3.8, 4) is 11.5 Å². The van der Waals surface area contributed by atoms with Gasteiger partial charge in [0.25, 0.3) is 0 Å². The molecule has 0 spiro atoms. The second-order valence-corrected chi connectivity index (χ2v) is 3.38. The number of aromatic nitrogens is 4. The van der Waals surface area contributed by atoms with Crippen LogP contribution in [0.5, 0.6) is 0 Å². The quantitative estimate of drug-likeness (QED) is 0.763. The third-order valence-electron chi connectivity index (χ3n) is 2.23. The fourth-order valence-electron chi connectivity index (χ4n) is 1.43. The van der Waals surface area contributed by atoms with Gasteiger partial charge in [-0.25, -0.2) is 9.67 Å². The van der Waals surface area contributed by atoms with Gasteiger partial charge in [0.05, 0.1) is 0 Å². The van der Waals surface area contributed by atoms with Crippen LogP contribution in [0.2, 0.25) is 0 Å². The molecule has 2 heterocycles. The molecule has 0 aliphatic rings. The molecule has 0 saturated heterocycles. The van der Waals surface area contributed by atoms with Crippen LogP contribution in [0.15, 0.2) is 30.7 Å². The van der Waals surface area contributed by atoms with E-state index in [1.165, 1.54) is 0 Å². The maximum atomic E-state index is 4.27. The average molecular weight is 202 g/mol. The summed E-state index contributed by atoms with van der Waals surface area (Å²) < 4.78 is 1.91. The third-order valence-corrected chi connectivity index (χ3v) is 2.23. The number of rotatable bonds is 4. The Bertz CT molecular complexity index is 408. The highest BCUT2D eigenvalue weighted by atomic mass is 15.3. The van der Waals surface area contributed by atoms with Crippen LogP contribution in [0, 0.1) is 0 Å². The average Bonchev–Trinajstić information content (AvgIpc) is 2.75. The molecule has 0 saturated carbocycles. The van der Waals surface area contributed by atoms with Crippen molar-refractivity contribution in [3.05, 3.63) is 30.7 Å². The van der Waals surface area contributed by atoms with Crippen LogP contribution in [0.4, 0.5) is 0 Å². The van der Waals surface area contributed by atoms with Crippen LogP contribution in [0.25, 0.3) is 11.5 Å². The number of nitrogens with zero attached hydrogens (tertiary/aromatic N) is 4. The summed E-state index contributed by atoms with van der Waals surface area (Å²) in [5.41, 5.74) is 0.881. The molecule has 4 nitrogen and oxygen atoms in total. The van der Waals surface area contributed by atoms with Crippen LogP contribution in [-0.4, -0.2) is 19.7 Å².